The molecule has 1 N–H and O–H groups in total. The Balaban J connectivity index is 1.05. The van der Waals surface area contributed by atoms with Crippen molar-refractivity contribution < 1.29 is 24.3 Å². The van der Waals surface area contributed by atoms with Crippen LogP contribution >= 0.6 is 0 Å². The van der Waals surface area contributed by atoms with Crippen LogP contribution in [0.4, 0.5) is 0 Å². The number of rotatable bonds is 9. The van der Waals surface area contributed by atoms with E-state index in [-0.39, 0.29) is 18.6 Å². The lowest BCUT2D eigenvalue weighted by molar-refractivity contribution is -0.142. The highest BCUT2D eigenvalue weighted by atomic mass is 16.6. The van der Waals surface area contributed by atoms with Crippen LogP contribution in [-0.4, -0.2) is 71.9 Å². The molecule has 1 heterocycles. The van der Waals surface area contributed by atoms with Gasteiger partial charge in [0.2, 0.25) is 6.61 Å². The van der Waals surface area contributed by atoms with Crippen LogP contribution in [0.2, 0.25) is 0 Å². The molecule has 0 bridgehead atoms. The van der Waals surface area contributed by atoms with Gasteiger partial charge in [0, 0.05) is 26.2 Å². The Morgan fingerprint density at radius 1 is 0.778 bits per heavy atom. The summed E-state index contributed by atoms with van der Waals surface area (Å²) in [7, 11) is 0. The van der Waals surface area contributed by atoms with Crippen LogP contribution in [0, 0.1) is 0 Å². The van der Waals surface area contributed by atoms with Gasteiger partial charge < -0.3 is 19.6 Å². The quantitative estimate of drug-likeness (QED) is 0.198. The van der Waals surface area contributed by atoms with E-state index in [1.807, 2.05) is 53.4 Å². The average Bonchev–Trinajstić information content (AvgIpc) is 3.24. The molecular weight excluding hydrogens is 566 g/mol. The van der Waals surface area contributed by atoms with Crippen molar-refractivity contribution in [1.82, 2.24) is 9.80 Å². The molecular formula is C37H37N3O5. The number of aliphatic carboxylic acids is 1. The van der Waals surface area contributed by atoms with E-state index in [0.717, 1.165) is 42.6 Å². The largest absolute Gasteiger partial charge is 0.484 e. The molecule has 0 unspecified atom stereocenters. The van der Waals surface area contributed by atoms with Gasteiger partial charge in [-0.2, -0.15) is 0 Å². The highest BCUT2D eigenvalue weighted by Crippen LogP contribution is 2.37. The third-order valence-electron chi connectivity index (χ3n) is 8.62. The molecule has 2 aliphatic rings. The van der Waals surface area contributed by atoms with Crippen molar-refractivity contribution >= 4 is 17.6 Å². The maximum atomic E-state index is 13.2. The molecule has 6 rings (SSSR count). The number of oxime groups is 1. The number of hydrogen-bond donors (Lipinski definition) is 1. The Morgan fingerprint density at radius 3 is 2.07 bits per heavy atom. The summed E-state index contributed by atoms with van der Waals surface area (Å²) >= 11 is 0. The molecule has 4 aromatic carbocycles. The lowest BCUT2D eigenvalue weighted by Crippen LogP contribution is -2.51. The molecule has 230 valence electrons. The van der Waals surface area contributed by atoms with Crippen molar-refractivity contribution in [2.75, 3.05) is 39.4 Å². The molecule has 0 saturated carbocycles. The summed E-state index contributed by atoms with van der Waals surface area (Å²) in [6.07, 6.45) is 2.10. The minimum absolute atomic E-state index is 0.00838. The molecule has 0 spiro atoms. The summed E-state index contributed by atoms with van der Waals surface area (Å²) in [6, 6.07) is 33.2. The second-order valence-electron chi connectivity index (χ2n) is 11.5. The van der Waals surface area contributed by atoms with Gasteiger partial charge in [0.25, 0.3) is 5.91 Å². The molecule has 1 aliphatic heterocycles. The van der Waals surface area contributed by atoms with Crippen LogP contribution in [0.5, 0.6) is 5.75 Å². The predicted molar refractivity (Wildman–Crippen MR) is 173 cm³/mol. The lowest BCUT2D eigenvalue weighted by Gasteiger charge is -2.40. The Bertz CT molecular complexity index is 1650. The topological polar surface area (TPSA) is 91.7 Å². The minimum atomic E-state index is -1.07. The number of aryl methyl sites for hydroxylation is 2. The summed E-state index contributed by atoms with van der Waals surface area (Å²) < 4.78 is 5.97. The van der Waals surface area contributed by atoms with Crippen molar-refractivity contribution in [2.45, 2.75) is 25.8 Å². The first-order chi connectivity index (χ1) is 22.0. The molecule has 1 saturated heterocycles. The average molecular weight is 604 g/mol. The van der Waals surface area contributed by atoms with Gasteiger partial charge in [0.1, 0.15) is 5.75 Å². The Kier molecular flexibility index (Phi) is 9.22. The number of hydrogen-bond acceptors (Lipinski definition) is 6. The van der Waals surface area contributed by atoms with Crippen molar-refractivity contribution in [3.63, 3.8) is 0 Å². The van der Waals surface area contributed by atoms with Crippen LogP contribution in [0.25, 0.3) is 11.1 Å². The van der Waals surface area contributed by atoms with E-state index in [9.17, 15) is 9.59 Å². The number of nitrogens with zero attached hydrogens (tertiary/aromatic N) is 3. The van der Waals surface area contributed by atoms with Gasteiger partial charge in [-0.05, 0) is 70.8 Å². The maximum Gasteiger partial charge on any atom is 0.344 e. The SMILES string of the molecule is CC(=NOCC(=O)O)c1ccc(-c2cccc(OCC(=O)N3CCN(C4c5ccccc5CCc5ccccc54)CC3)c2)cc1. The van der Waals surface area contributed by atoms with Crippen molar-refractivity contribution in [2.24, 2.45) is 5.16 Å². The molecule has 1 amide bonds. The van der Waals surface area contributed by atoms with Crippen LogP contribution in [0.15, 0.2) is 102 Å². The first-order valence-electron chi connectivity index (χ1n) is 15.4. The second-order valence-corrected chi connectivity index (χ2v) is 11.5. The zero-order chi connectivity index (χ0) is 31.2. The number of amides is 1. The number of piperazine rings is 1. The molecule has 0 atom stereocenters. The van der Waals surface area contributed by atoms with Gasteiger partial charge in [0.15, 0.2) is 6.61 Å². The van der Waals surface area contributed by atoms with Gasteiger partial charge >= 0.3 is 5.97 Å². The van der Waals surface area contributed by atoms with E-state index < -0.39 is 12.6 Å². The number of carbonyl (C=O) groups is 2. The smallest absolute Gasteiger partial charge is 0.344 e. The van der Waals surface area contributed by atoms with Crippen molar-refractivity contribution in [1.29, 1.82) is 0 Å². The third-order valence-corrected chi connectivity index (χ3v) is 8.62. The minimum Gasteiger partial charge on any atom is -0.484 e. The molecule has 1 fully saturated rings. The number of carboxylic acids is 1. The van der Waals surface area contributed by atoms with Crippen LogP contribution < -0.4 is 4.74 Å². The third kappa shape index (κ3) is 7.07. The summed E-state index contributed by atoms with van der Waals surface area (Å²) in [5.74, 6) is -0.447. The zero-order valence-electron chi connectivity index (χ0n) is 25.4. The van der Waals surface area contributed by atoms with E-state index in [1.165, 1.54) is 22.3 Å². The Morgan fingerprint density at radius 2 is 1.42 bits per heavy atom. The lowest BCUT2D eigenvalue weighted by atomic mass is 9.93. The summed E-state index contributed by atoms with van der Waals surface area (Å²) in [4.78, 5) is 33.1. The van der Waals surface area contributed by atoms with Gasteiger partial charge in [-0.1, -0.05) is 90.1 Å². The Hall–Kier alpha value is -4.95. The van der Waals surface area contributed by atoms with E-state index in [1.54, 1.807) is 6.92 Å². The molecule has 4 aromatic rings. The standard InChI is InChI=1S/C37H37N3O5/c1-26(38-45-25-36(42)43)27-13-15-28(16-14-27)31-9-6-10-32(23-31)44-24-35(41)39-19-21-40(22-20-39)37-33-11-4-2-7-29(33)17-18-30-8-3-5-12-34(30)37/h2-16,23,37H,17-22,24-25H2,1H3,(H,42,43). The number of ether oxygens (including phenoxy) is 1. The fourth-order valence-corrected chi connectivity index (χ4v) is 6.26. The number of carboxylic acid groups (broad SMARTS) is 1. The van der Waals surface area contributed by atoms with Gasteiger partial charge in [-0.25, -0.2) is 4.79 Å². The number of carbonyl (C=O) groups excluding carboxylic acids is 1. The van der Waals surface area contributed by atoms with E-state index in [2.05, 4.69) is 58.6 Å². The second kappa shape index (κ2) is 13.8. The van der Waals surface area contributed by atoms with Crippen LogP contribution in [-0.2, 0) is 27.3 Å². The zero-order valence-corrected chi connectivity index (χ0v) is 25.4. The molecule has 0 aromatic heterocycles. The van der Waals surface area contributed by atoms with E-state index in [0.29, 0.717) is 24.6 Å². The Labute approximate surface area is 263 Å². The first kappa shape index (κ1) is 30.1. The fourth-order valence-electron chi connectivity index (χ4n) is 6.26. The summed E-state index contributed by atoms with van der Waals surface area (Å²) in [5.41, 5.74) is 8.94. The molecule has 0 radical (unpaired) electrons. The number of benzene rings is 4. The van der Waals surface area contributed by atoms with Crippen LogP contribution in [0.3, 0.4) is 0 Å². The molecule has 8 heteroatoms. The summed E-state index contributed by atoms with van der Waals surface area (Å²) in [6.45, 7) is 4.21. The first-order valence-corrected chi connectivity index (χ1v) is 15.4. The van der Waals surface area contributed by atoms with Gasteiger partial charge in [-0.3, -0.25) is 9.69 Å². The predicted octanol–water partition coefficient (Wildman–Crippen LogP) is 5.59. The van der Waals surface area contributed by atoms with E-state index >= 15 is 0 Å². The normalized spacial score (nSPS) is 15.5. The van der Waals surface area contributed by atoms with Crippen LogP contribution in [0.1, 0.15) is 40.8 Å². The van der Waals surface area contributed by atoms with E-state index in [4.69, 9.17) is 14.7 Å². The highest BCUT2D eigenvalue weighted by molar-refractivity contribution is 5.98. The molecule has 1 aliphatic carbocycles. The van der Waals surface area contributed by atoms with Crippen molar-refractivity contribution in [3.05, 3.63) is 125 Å². The number of fused-ring (bicyclic) bond motifs is 2. The summed E-state index contributed by atoms with van der Waals surface area (Å²) in [5, 5.41) is 12.6. The highest BCUT2D eigenvalue weighted by Gasteiger charge is 2.32. The monoisotopic (exact) mass is 603 g/mol. The maximum absolute atomic E-state index is 13.2. The van der Waals surface area contributed by atoms with Gasteiger partial charge in [-0.15, -0.1) is 0 Å². The molecule has 45 heavy (non-hydrogen) atoms. The van der Waals surface area contributed by atoms with Crippen molar-refractivity contribution in [3.8, 4) is 16.9 Å². The van der Waals surface area contributed by atoms with Gasteiger partial charge in [0.05, 0.1) is 11.8 Å². The molecule has 8 nitrogen and oxygen atoms in total. The fraction of sp³-hybridized carbons (Fsp3) is 0.270.